The Kier molecular flexibility index (Phi) is 7.38. The van der Waals surface area contributed by atoms with Gasteiger partial charge in [-0.25, -0.2) is 5.01 Å². The Morgan fingerprint density at radius 1 is 1.14 bits per heavy atom. The van der Waals surface area contributed by atoms with Crippen LogP contribution in [0.1, 0.15) is 36.6 Å². The lowest BCUT2D eigenvalue weighted by atomic mass is 9.99. The van der Waals surface area contributed by atoms with Crippen LogP contribution in [-0.2, 0) is 21.4 Å². The highest BCUT2D eigenvalue weighted by atomic mass is 16.5. The van der Waals surface area contributed by atoms with Crippen LogP contribution in [0.2, 0.25) is 0 Å². The summed E-state index contributed by atoms with van der Waals surface area (Å²) in [4.78, 5) is 30.9. The first-order valence-corrected chi connectivity index (χ1v) is 12.8. The number of hydrazone groups is 1. The number of amides is 2. The summed E-state index contributed by atoms with van der Waals surface area (Å²) in [7, 11) is 3.61. The van der Waals surface area contributed by atoms with Crippen molar-refractivity contribution in [2.75, 3.05) is 53.0 Å². The molecular weight excluding hydrogens is 458 g/mol. The van der Waals surface area contributed by atoms with E-state index in [9.17, 15) is 9.59 Å². The van der Waals surface area contributed by atoms with Gasteiger partial charge in [0.05, 0.1) is 37.8 Å². The van der Waals surface area contributed by atoms with Crippen molar-refractivity contribution in [3.8, 4) is 5.75 Å². The highest BCUT2D eigenvalue weighted by Gasteiger charge is 2.39. The Bertz CT molecular complexity index is 1120. The van der Waals surface area contributed by atoms with Crippen molar-refractivity contribution in [1.82, 2.24) is 19.4 Å². The van der Waals surface area contributed by atoms with Gasteiger partial charge >= 0.3 is 0 Å². The van der Waals surface area contributed by atoms with Crippen LogP contribution in [0.4, 0.5) is 0 Å². The third-order valence-corrected chi connectivity index (χ3v) is 7.26. The number of para-hydroxylation sites is 1. The summed E-state index contributed by atoms with van der Waals surface area (Å²) in [5.74, 6) is 0.678. The number of rotatable bonds is 9. The summed E-state index contributed by atoms with van der Waals surface area (Å²) in [5.41, 5.74) is 2.73. The Morgan fingerprint density at radius 3 is 2.61 bits per heavy atom. The molecule has 3 heterocycles. The summed E-state index contributed by atoms with van der Waals surface area (Å²) < 4.78 is 13.1. The molecule has 0 radical (unpaired) electrons. The number of hydrogen-bond donors (Lipinski definition) is 0. The predicted molar refractivity (Wildman–Crippen MR) is 136 cm³/mol. The maximum absolute atomic E-state index is 13.8. The first-order chi connectivity index (χ1) is 17.5. The summed E-state index contributed by atoms with van der Waals surface area (Å²) in [6, 6.07) is 11.5. The molecule has 0 spiro atoms. The van der Waals surface area contributed by atoms with E-state index < -0.39 is 0 Å². The quantitative estimate of drug-likeness (QED) is 0.536. The van der Waals surface area contributed by atoms with Crippen molar-refractivity contribution >= 4 is 17.5 Å². The molecule has 36 heavy (non-hydrogen) atoms. The monoisotopic (exact) mass is 493 g/mol. The highest BCUT2D eigenvalue weighted by molar-refractivity contribution is 6.02. The van der Waals surface area contributed by atoms with Gasteiger partial charge in [-0.2, -0.15) is 5.10 Å². The number of aromatic nitrogens is 1. The number of morpholine rings is 1. The highest BCUT2D eigenvalue weighted by Crippen LogP contribution is 2.38. The second-order valence-electron chi connectivity index (χ2n) is 9.74. The maximum Gasteiger partial charge on any atom is 0.262 e. The second-order valence-corrected chi connectivity index (χ2v) is 9.74. The van der Waals surface area contributed by atoms with Gasteiger partial charge < -0.3 is 18.9 Å². The molecule has 1 aliphatic carbocycles. The number of carbonyl (C=O) groups excluding carboxylic acids is 2. The topological polar surface area (TPSA) is 79.6 Å². The van der Waals surface area contributed by atoms with Gasteiger partial charge in [0.2, 0.25) is 5.91 Å². The maximum atomic E-state index is 13.8. The molecule has 1 saturated carbocycles. The fourth-order valence-electron chi connectivity index (χ4n) is 5.02. The normalized spacial score (nSPS) is 20.3. The zero-order valence-electron chi connectivity index (χ0n) is 21.1. The molecule has 3 aliphatic rings. The van der Waals surface area contributed by atoms with Gasteiger partial charge in [0.1, 0.15) is 12.3 Å². The minimum Gasteiger partial charge on any atom is -0.496 e. The van der Waals surface area contributed by atoms with Gasteiger partial charge in [-0.05, 0) is 31.0 Å². The largest absolute Gasteiger partial charge is 0.496 e. The molecule has 1 aromatic carbocycles. The molecular formula is C27H35N5O4. The second kappa shape index (κ2) is 10.8. The lowest BCUT2D eigenvalue weighted by Crippen LogP contribution is -2.47. The fraction of sp³-hybridized carbons (Fsp3) is 0.519. The molecule has 2 aromatic rings. The molecule has 0 N–H and O–H groups in total. The summed E-state index contributed by atoms with van der Waals surface area (Å²) in [6.45, 7) is 4.42. The van der Waals surface area contributed by atoms with Crippen LogP contribution < -0.4 is 4.74 Å². The Morgan fingerprint density at radius 2 is 1.92 bits per heavy atom. The number of aryl methyl sites for hydroxylation is 1. The molecule has 1 aromatic heterocycles. The van der Waals surface area contributed by atoms with Crippen molar-refractivity contribution in [2.45, 2.75) is 25.3 Å². The molecule has 0 unspecified atom stereocenters. The van der Waals surface area contributed by atoms with E-state index in [0.717, 1.165) is 55.2 Å². The summed E-state index contributed by atoms with van der Waals surface area (Å²) >= 11 is 0. The zero-order valence-corrected chi connectivity index (χ0v) is 21.1. The van der Waals surface area contributed by atoms with Crippen LogP contribution in [0.25, 0.3) is 0 Å². The molecule has 2 fully saturated rings. The number of carbonyl (C=O) groups is 2. The van der Waals surface area contributed by atoms with E-state index in [0.29, 0.717) is 26.2 Å². The van der Waals surface area contributed by atoms with Crippen LogP contribution in [0.15, 0.2) is 47.7 Å². The average Bonchev–Trinajstić information content (AvgIpc) is 3.53. The molecule has 2 aliphatic heterocycles. The van der Waals surface area contributed by atoms with E-state index in [4.69, 9.17) is 14.6 Å². The summed E-state index contributed by atoms with van der Waals surface area (Å²) in [6.07, 6.45) is 4.37. The van der Waals surface area contributed by atoms with Gasteiger partial charge in [-0.1, -0.05) is 18.2 Å². The fourth-order valence-corrected chi connectivity index (χ4v) is 5.02. The smallest absolute Gasteiger partial charge is 0.262 e. The third-order valence-electron chi connectivity index (χ3n) is 7.26. The Labute approximate surface area is 212 Å². The van der Waals surface area contributed by atoms with Gasteiger partial charge in [-0.3, -0.25) is 14.5 Å². The van der Waals surface area contributed by atoms with Crippen molar-refractivity contribution in [2.24, 2.45) is 18.1 Å². The lowest BCUT2D eigenvalue weighted by molar-refractivity contribution is -0.142. The molecule has 192 valence electrons. The molecule has 1 atom stereocenters. The number of hydrogen-bond acceptors (Lipinski definition) is 6. The molecule has 5 rings (SSSR count). The number of ether oxygens (including phenoxy) is 2. The van der Waals surface area contributed by atoms with Crippen LogP contribution in [0.5, 0.6) is 5.75 Å². The standard InChI is InChI=1S/C27H35N5O4/c1-29-11-5-7-23(29)22-18-24(21-6-3-4-8-25(21)35-2)32(28-22)26(33)19-31(27(34)20-9-10-20)13-12-30-14-16-36-17-15-30/h3-8,11,20,24H,9-10,12-19H2,1-2H3/t24-/m1/s1. The number of nitrogens with zero attached hydrogens (tertiary/aromatic N) is 5. The van der Waals surface area contributed by atoms with Crippen LogP contribution in [0.3, 0.4) is 0 Å². The van der Waals surface area contributed by atoms with E-state index in [1.54, 1.807) is 17.0 Å². The minimum absolute atomic E-state index is 0.0231. The molecule has 1 saturated heterocycles. The van der Waals surface area contributed by atoms with Crippen molar-refractivity contribution in [3.63, 3.8) is 0 Å². The van der Waals surface area contributed by atoms with Crippen LogP contribution >= 0.6 is 0 Å². The van der Waals surface area contributed by atoms with Gasteiger partial charge in [0, 0.05) is 57.3 Å². The van der Waals surface area contributed by atoms with Gasteiger partial charge in [-0.15, -0.1) is 0 Å². The SMILES string of the molecule is COc1ccccc1[C@H]1CC(c2cccn2C)=NN1C(=O)CN(CCN1CCOCC1)C(=O)C1CC1. The number of methoxy groups -OCH3 is 1. The molecule has 0 bridgehead atoms. The van der Waals surface area contributed by atoms with Crippen LogP contribution in [-0.4, -0.2) is 89.9 Å². The van der Waals surface area contributed by atoms with E-state index in [2.05, 4.69) is 4.90 Å². The third kappa shape index (κ3) is 5.32. The predicted octanol–water partition coefficient (Wildman–Crippen LogP) is 2.28. The van der Waals surface area contributed by atoms with Gasteiger partial charge in [0.15, 0.2) is 0 Å². The number of benzene rings is 1. The first kappa shape index (κ1) is 24.5. The molecule has 2 amide bonds. The van der Waals surface area contributed by atoms with Crippen molar-refractivity contribution in [3.05, 3.63) is 53.9 Å². The first-order valence-electron chi connectivity index (χ1n) is 12.8. The summed E-state index contributed by atoms with van der Waals surface area (Å²) in [5, 5.41) is 6.38. The van der Waals surface area contributed by atoms with E-state index >= 15 is 0 Å². The van der Waals surface area contributed by atoms with Crippen molar-refractivity contribution in [1.29, 1.82) is 0 Å². The minimum atomic E-state index is -0.296. The Hall–Kier alpha value is -3.17. The lowest BCUT2D eigenvalue weighted by Gasteiger charge is -2.31. The van der Waals surface area contributed by atoms with E-state index in [1.165, 1.54) is 0 Å². The average molecular weight is 494 g/mol. The van der Waals surface area contributed by atoms with E-state index in [1.807, 2.05) is 54.2 Å². The zero-order chi connectivity index (χ0) is 25.1. The Balaban J connectivity index is 1.38. The molecule has 9 nitrogen and oxygen atoms in total. The van der Waals surface area contributed by atoms with Gasteiger partial charge in [0.25, 0.3) is 5.91 Å². The van der Waals surface area contributed by atoms with Crippen LogP contribution in [0, 0.1) is 5.92 Å². The van der Waals surface area contributed by atoms with E-state index in [-0.39, 0.29) is 30.3 Å². The molecule has 9 heteroatoms. The van der Waals surface area contributed by atoms with Crippen molar-refractivity contribution < 1.29 is 19.1 Å².